The molecule has 106 valence electrons. The van der Waals surface area contributed by atoms with Crippen LogP contribution in [-0.4, -0.2) is 5.88 Å². The smallest absolute Gasteiger partial charge is 0.123 e. The van der Waals surface area contributed by atoms with Crippen LogP contribution in [0.1, 0.15) is 22.3 Å². The van der Waals surface area contributed by atoms with Gasteiger partial charge in [-0.1, -0.05) is 30.3 Å². The first-order valence-electron chi connectivity index (χ1n) is 6.95. The molecule has 0 aliphatic rings. The lowest BCUT2D eigenvalue weighted by molar-refractivity contribution is 0.578. The minimum atomic E-state index is -0.189. The molecule has 20 heavy (non-hydrogen) atoms. The summed E-state index contributed by atoms with van der Waals surface area (Å²) in [6.45, 7) is 4.29. The number of halogens is 2. The Morgan fingerprint density at radius 3 is 2.10 bits per heavy atom. The number of rotatable bonds is 5. The maximum absolute atomic E-state index is 12.9. The number of hydrogen-bond donors (Lipinski definition) is 0. The minimum Gasteiger partial charge on any atom is -0.207 e. The molecule has 0 N–H and O–H groups in total. The van der Waals surface area contributed by atoms with Crippen molar-refractivity contribution in [3.8, 4) is 0 Å². The molecule has 0 nitrogen and oxygen atoms in total. The van der Waals surface area contributed by atoms with Crippen molar-refractivity contribution in [3.05, 3.63) is 70.5 Å². The lowest BCUT2D eigenvalue weighted by Gasteiger charge is -2.17. The zero-order chi connectivity index (χ0) is 14.5. The Labute approximate surface area is 125 Å². The summed E-state index contributed by atoms with van der Waals surface area (Å²) in [7, 11) is 0. The van der Waals surface area contributed by atoms with Crippen molar-refractivity contribution >= 4 is 11.6 Å². The van der Waals surface area contributed by atoms with E-state index < -0.39 is 0 Å². The largest absolute Gasteiger partial charge is 0.207 e. The van der Waals surface area contributed by atoms with Gasteiger partial charge in [0.1, 0.15) is 5.82 Å². The van der Waals surface area contributed by atoms with Crippen LogP contribution in [0.3, 0.4) is 0 Å². The molecule has 1 atom stereocenters. The van der Waals surface area contributed by atoms with Gasteiger partial charge in [-0.2, -0.15) is 0 Å². The number of benzene rings is 2. The average molecular weight is 291 g/mol. The molecule has 1 unspecified atom stereocenters. The maximum Gasteiger partial charge on any atom is 0.123 e. The SMILES string of the molecule is Cc1cccc(C)c1CC(CCl)Cc1ccc(F)cc1. The first-order valence-corrected chi connectivity index (χ1v) is 7.49. The fraction of sp³-hybridized carbons (Fsp3) is 0.333. The molecule has 2 heteroatoms. The van der Waals surface area contributed by atoms with Gasteiger partial charge in [-0.15, -0.1) is 11.6 Å². The van der Waals surface area contributed by atoms with Crippen LogP contribution in [0, 0.1) is 25.6 Å². The first kappa shape index (κ1) is 15.1. The zero-order valence-corrected chi connectivity index (χ0v) is 12.8. The summed E-state index contributed by atoms with van der Waals surface area (Å²) in [6, 6.07) is 13.1. The fourth-order valence-electron chi connectivity index (χ4n) is 2.59. The molecule has 2 rings (SSSR count). The van der Waals surface area contributed by atoms with E-state index in [-0.39, 0.29) is 5.82 Å². The summed E-state index contributed by atoms with van der Waals surface area (Å²) < 4.78 is 12.9. The van der Waals surface area contributed by atoms with Crippen LogP contribution in [0.15, 0.2) is 42.5 Å². The summed E-state index contributed by atoms with van der Waals surface area (Å²) in [5.41, 5.74) is 5.17. The summed E-state index contributed by atoms with van der Waals surface area (Å²) in [5.74, 6) is 0.804. The second kappa shape index (κ2) is 6.90. The second-order valence-electron chi connectivity index (χ2n) is 5.43. The lowest BCUT2D eigenvalue weighted by atomic mass is 9.90. The van der Waals surface area contributed by atoms with Crippen molar-refractivity contribution in [2.45, 2.75) is 26.7 Å². The maximum atomic E-state index is 12.9. The van der Waals surface area contributed by atoms with Gasteiger partial charge < -0.3 is 0 Å². The van der Waals surface area contributed by atoms with Crippen LogP contribution in [-0.2, 0) is 12.8 Å². The molecular weight excluding hydrogens is 271 g/mol. The standard InChI is InChI=1S/C18H20ClF/c1-13-4-3-5-14(2)18(13)11-16(12-19)10-15-6-8-17(20)9-7-15/h3-9,16H,10-12H2,1-2H3. The Balaban J connectivity index is 2.11. The van der Waals surface area contributed by atoms with Crippen molar-refractivity contribution in [2.24, 2.45) is 5.92 Å². The molecule has 0 saturated heterocycles. The first-order chi connectivity index (χ1) is 9.60. The monoisotopic (exact) mass is 290 g/mol. The van der Waals surface area contributed by atoms with Crippen molar-refractivity contribution in [3.63, 3.8) is 0 Å². The molecule has 2 aromatic carbocycles. The van der Waals surface area contributed by atoms with Gasteiger partial charge in [0.25, 0.3) is 0 Å². The predicted octanol–water partition coefficient (Wildman–Crippen LogP) is 5.08. The normalized spacial score (nSPS) is 12.4. The third-order valence-corrected chi connectivity index (χ3v) is 4.23. The van der Waals surface area contributed by atoms with Gasteiger partial charge in [0, 0.05) is 5.88 Å². The Morgan fingerprint density at radius 2 is 1.55 bits per heavy atom. The molecule has 0 radical (unpaired) electrons. The van der Waals surface area contributed by atoms with E-state index in [0.717, 1.165) is 18.4 Å². The van der Waals surface area contributed by atoms with Crippen molar-refractivity contribution < 1.29 is 4.39 Å². The van der Waals surface area contributed by atoms with E-state index >= 15 is 0 Å². The Kier molecular flexibility index (Phi) is 5.19. The molecular formula is C18H20ClF. The van der Waals surface area contributed by atoms with Gasteiger partial charge in [-0.25, -0.2) is 4.39 Å². The molecule has 0 amide bonds. The van der Waals surface area contributed by atoms with Gasteiger partial charge >= 0.3 is 0 Å². The summed E-state index contributed by atoms with van der Waals surface area (Å²) >= 11 is 6.13. The van der Waals surface area contributed by atoms with Crippen molar-refractivity contribution in [2.75, 3.05) is 5.88 Å². The van der Waals surface area contributed by atoms with Crippen LogP contribution < -0.4 is 0 Å². The van der Waals surface area contributed by atoms with Gasteiger partial charge in [0.15, 0.2) is 0 Å². The molecule has 2 aromatic rings. The van der Waals surface area contributed by atoms with Gasteiger partial charge in [-0.05, 0) is 67.0 Å². The Hall–Kier alpha value is -1.34. The molecule has 0 aliphatic carbocycles. The third-order valence-electron chi connectivity index (χ3n) is 3.79. The van der Waals surface area contributed by atoms with Crippen LogP contribution in [0.5, 0.6) is 0 Å². The number of alkyl halides is 1. The lowest BCUT2D eigenvalue weighted by Crippen LogP contribution is -2.12. The highest BCUT2D eigenvalue weighted by Gasteiger charge is 2.13. The minimum absolute atomic E-state index is 0.189. The molecule has 0 spiro atoms. The van der Waals surface area contributed by atoms with Gasteiger partial charge in [-0.3, -0.25) is 0 Å². The summed E-state index contributed by atoms with van der Waals surface area (Å²) in [6.07, 6.45) is 1.86. The molecule has 0 bridgehead atoms. The second-order valence-corrected chi connectivity index (χ2v) is 5.73. The van der Waals surface area contributed by atoms with Crippen LogP contribution >= 0.6 is 11.6 Å². The molecule has 0 aromatic heterocycles. The summed E-state index contributed by atoms with van der Waals surface area (Å²) in [5, 5.41) is 0. The highest BCUT2D eigenvalue weighted by Crippen LogP contribution is 2.21. The molecule has 0 aliphatic heterocycles. The fourth-order valence-corrected chi connectivity index (χ4v) is 2.81. The van der Waals surface area contributed by atoms with E-state index in [9.17, 15) is 4.39 Å². The molecule has 0 saturated carbocycles. The van der Waals surface area contributed by atoms with E-state index in [1.54, 1.807) is 0 Å². The topological polar surface area (TPSA) is 0 Å². The third kappa shape index (κ3) is 3.83. The summed E-state index contributed by atoms with van der Waals surface area (Å²) in [4.78, 5) is 0. The van der Waals surface area contributed by atoms with Crippen molar-refractivity contribution in [1.82, 2.24) is 0 Å². The van der Waals surface area contributed by atoms with E-state index in [1.807, 2.05) is 12.1 Å². The van der Waals surface area contributed by atoms with Crippen LogP contribution in [0.2, 0.25) is 0 Å². The molecule has 0 fully saturated rings. The van der Waals surface area contributed by atoms with Crippen LogP contribution in [0.4, 0.5) is 4.39 Å². The van der Waals surface area contributed by atoms with Crippen molar-refractivity contribution in [1.29, 1.82) is 0 Å². The predicted molar refractivity (Wildman–Crippen MR) is 83.9 cm³/mol. The highest BCUT2D eigenvalue weighted by molar-refractivity contribution is 6.18. The van der Waals surface area contributed by atoms with E-state index in [4.69, 9.17) is 11.6 Å². The highest BCUT2D eigenvalue weighted by atomic mass is 35.5. The Bertz CT molecular complexity index is 540. The molecule has 0 heterocycles. The zero-order valence-electron chi connectivity index (χ0n) is 12.0. The number of hydrogen-bond acceptors (Lipinski definition) is 0. The Morgan fingerprint density at radius 1 is 0.950 bits per heavy atom. The average Bonchev–Trinajstić information content (AvgIpc) is 2.44. The number of aryl methyl sites for hydroxylation is 2. The van der Waals surface area contributed by atoms with Crippen LogP contribution in [0.25, 0.3) is 0 Å². The van der Waals surface area contributed by atoms with E-state index in [0.29, 0.717) is 11.8 Å². The van der Waals surface area contributed by atoms with Gasteiger partial charge in [0.2, 0.25) is 0 Å². The van der Waals surface area contributed by atoms with E-state index in [1.165, 1.54) is 28.8 Å². The van der Waals surface area contributed by atoms with E-state index in [2.05, 4.69) is 32.0 Å². The van der Waals surface area contributed by atoms with Gasteiger partial charge in [0.05, 0.1) is 0 Å². The quantitative estimate of drug-likeness (QED) is 0.673.